The van der Waals surface area contributed by atoms with Gasteiger partial charge in [0.2, 0.25) is 0 Å². The molecule has 12 nitrogen and oxygen atoms in total. The number of phosphoric acid groups is 1. The molecule has 0 aromatic carbocycles. The normalized spacial score (nSPS) is 23.6. The molecule has 1 fully saturated rings. The standard InChI is InChI=1S/C40H77O12P/c1-3-5-7-9-11-13-15-16-17-18-19-20-22-24-26-28-30-49-31-33(51-34(41)29-27-25-23-21-14-12-10-8-6-4-2)32-50-53(47,48)52-40-38(45)36(43)35(42)37(44)39(40)46/h28,30,33,35-40,42-46H,3-27,29,31-32H2,1-2H3,(H,47,48)/b30-28-/t33-,35?,36-,37?,38?,39?,40?/m1/s1. The van der Waals surface area contributed by atoms with Crippen molar-refractivity contribution in [2.45, 2.75) is 224 Å². The first-order valence-corrected chi connectivity index (χ1v) is 22.6. The predicted octanol–water partition coefficient (Wildman–Crippen LogP) is 7.93. The van der Waals surface area contributed by atoms with Crippen LogP contribution in [0.3, 0.4) is 0 Å². The van der Waals surface area contributed by atoms with E-state index in [9.17, 15) is 39.8 Å². The van der Waals surface area contributed by atoms with E-state index in [4.69, 9.17) is 18.5 Å². The van der Waals surface area contributed by atoms with E-state index in [2.05, 4.69) is 13.8 Å². The zero-order chi connectivity index (χ0) is 39.2. The second-order valence-electron chi connectivity index (χ2n) is 14.9. The second kappa shape index (κ2) is 32.1. The van der Waals surface area contributed by atoms with Crippen molar-refractivity contribution < 1.29 is 58.3 Å². The van der Waals surface area contributed by atoms with Gasteiger partial charge in [-0.25, -0.2) is 4.57 Å². The van der Waals surface area contributed by atoms with E-state index in [1.54, 1.807) is 0 Å². The number of hydrogen-bond donors (Lipinski definition) is 6. The molecule has 1 saturated carbocycles. The van der Waals surface area contributed by atoms with E-state index in [0.717, 1.165) is 38.5 Å². The van der Waals surface area contributed by atoms with E-state index in [0.29, 0.717) is 6.42 Å². The molecule has 314 valence electrons. The summed E-state index contributed by atoms with van der Waals surface area (Å²) in [5.41, 5.74) is 0. The van der Waals surface area contributed by atoms with Crippen LogP contribution >= 0.6 is 7.82 Å². The number of rotatable bonds is 35. The topological polar surface area (TPSA) is 192 Å². The molecule has 1 aliphatic carbocycles. The summed E-state index contributed by atoms with van der Waals surface area (Å²) in [6.07, 6.45) is 20.9. The molecule has 0 aliphatic heterocycles. The van der Waals surface area contributed by atoms with Crippen LogP contribution in [0.5, 0.6) is 0 Å². The SMILES string of the molecule is CCCCCCCCCCCCCCCC/C=C\OC[C@H](COP(=O)(O)OC1C(O)C(O)C(O)[C@@H](O)C1O)OC(=O)CCCCCCCCCCCC. The summed E-state index contributed by atoms with van der Waals surface area (Å²) in [5.74, 6) is -0.500. The fourth-order valence-corrected chi connectivity index (χ4v) is 7.53. The lowest BCUT2D eigenvalue weighted by Gasteiger charge is -2.41. The summed E-state index contributed by atoms with van der Waals surface area (Å²) in [6.45, 7) is 3.70. The summed E-state index contributed by atoms with van der Waals surface area (Å²) in [5, 5.41) is 50.0. The van der Waals surface area contributed by atoms with Crippen LogP contribution in [-0.4, -0.2) is 92.3 Å². The monoisotopic (exact) mass is 781 g/mol. The lowest BCUT2D eigenvalue weighted by atomic mass is 9.85. The summed E-state index contributed by atoms with van der Waals surface area (Å²) < 4.78 is 33.8. The highest BCUT2D eigenvalue weighted by molar-refractivity contribution is 7.47. The highest BCUT2D eigenvalue weighted by Gasteiger charge is 2.51. The van der Waals surface area contributed by atoms with Gasteiger partial charge in [0.1, 0.15) is 43.2 Å². The van der Waals surface area contributed by atoms with Crippen molar-refractivity contribution in [2.75, 3.05) is 13.2 Å². The van der Waals surface area contributed by atoms with E-state index < -0.39 is 63.1 Å². The van der Waals surface area contributed by atoms with Crippen molar-refractivity contribution in [1.82, 2.24) is 0 Å². The number of phosphoric ester groups is 1. The molecule has 1 rings (SSSR count). The Hall–Kier alpha value is -1.08. The van der Waals surface area contributed by atoms with E-state index in [1.165, 1.54) is 122 Å². The quantitative estimate of drug-likeness (QED) is 0.0158. The molecule has 13 heteroatoms. The van der Waals surface area contributed by atoms with Crippen LogP contribution in [0, 0.1) is 0 Å². The molecule has 0 aromatic rings. The minimum atomic E-state index is -5.02. The van der Waals surface area contributed by atoms with Crippen molar-refractivity contribution in [3.63, 3.8) is 0 Å². The average molecular weight is 781 g/mol. The van der Waals surface area contributed by atoms with Crippen LogP contribution in [0.2, 0.25) is 0 Å². The number of unbranched alkanes of at least 4 members (excludes halogenated alkanes) is 23. The summed E-state index contributed by atoms with van der Waals surface area (Å²) >= 11 is 0. The van der Waals surface area contributed by atoms with E-state index in [-0.39, 0.29) is 13.0 Å². The number of carbonyl (C=O) groups is 1. The largest absolute Gasteiger partial charge is 0.498 e. The van der Waals surface area contributed by atoms with E-state index in [1.807, 2.05) is 6.08 Å². The highest BCUT2D eigenvalue weighted by atomic mass is 31.2. The summed E-state index contributed by atoms with van der Waals surface area (Å²) in [4.78, 5) is 23.0. The van der Waals surface area contributed by atoms with Gasteiger partial charge in [-0.3, -0.25) is 13.8 Å². The van der Waals surface area contributed by atoms with Gasteiger partial charge >= 0.3 is 13.8 Å². The van der Waals surface area contributed by atoms with Crippen LogP contribution in [0.1, 0.15) is 181 Å². The Balaban J connectivity index is 2.44. The Bertz CT molecular complexity index is 937. The van der Waals surface area contributed by atoms with Crippen molar-refractivity contribution in [1.29, 1.82) is 0 Å². The van der Waals surface area contributed by atoms with Crippen LogP contribution in [-0.2, 0) is 27.9 Å². The first-order valence-electron chi connectivity index (χ1n) is 21.1. The third kappa shape index (κ3) is 24.9. The molecule has 0 heterocycles. The number of allylic oxidation sites excluding steroid dienone is 1. The summed E-state index contributed by atoms with van der Waals surface area (Å²) in [6, 6.07) is 0. The smallest absolute Gasteiger partial charge is 0.472 e. The molecule has 0 radical (unpaired) electrons. The van der Waals surface area contributed by atoms with Gasteiger partial charge in [-0.2, -0.15) is 0 Å². The Morgan fingerprint density at radius 3 is 1.43 bits per heavy atom. The Labute approximate surface area is 320 Å². The molecule has 0 bridgehead atoms. The van der Waals surface area contributed by atoms with Gasteiger partial charge in [0, 0.05) is 6.42 Å². The molecule has 8 atom stereocenters. The zero-order valence-electron chi connectivity index (χ0n) is 33.1. The maximum atomic E-state index is 12.7. The van der Waals surface area contributed by atoms with Gasteiger partial charge in [0.25, 0.3) is 0 Å². The van der Waals surface area contributed by atoms with Crippen LogP contribution in [0.15, 0.2) is 12.3 Å². The minimum absolute atomic E-state index is 0.155. The lowest BCUT2D eigenvalue weighted by molar-refractivity contribution is -0.220. The van der Waals surface area contributed by atoms with Crippen molar-refractivity contribution >= 4 is 13.8 Å². The third-order valence-electron chi connectivity index (χ3n) is 9.98. The molecule has 1 aliphatic rings. The van der Waals surface area contributed by atoms with Gasteiger partial charge in [-0.1, -0.05) is 155 Å². The van der Waals surface area contributed by atoms with Crippen LogP contribution < -0.4 is 0 Å². The molecular weight excluding hydrogens is 703 g/mol. The number of aliphatic hydroxyl groups excluding tert-OH is 5. The molecule has 0 spiro atoms. The maximum absolute atomic E-state index is 12.7. The molecule has 53 heavy (non-hydrogen) atoms. The highest BCUT2D eigenvalue weighted by Crippen LogP contribution is 2.47. The maximum Gasteiger partial charge on any atom is 0.472 e. The molecule has 0 aromatic heterocycles. The Kier molecular flexibility index (Phi) is 30.2. The second-order valence-corrected chi connectivity index (χ2v) is 16.3. The molecule has 6 N–H and O–H groups in total. The van der Waals surface area contributed by atoms with Crippen molar-refractivity contribution in [2.24, 2.45) is 0 Å². The van der Waals surface area contributed by atoms with E-state index >= 15 is 0 Å². The number of carbonyl (C=O) groups excluding carboxylic acids is 1. The van der Waals surface area contributed by atoms with Gasteiger partial charge < -0.3 is 39.9 Å². The third-order valence-corrected chi connectivity index (χ3v) is 11.0. The fraction of sp³-hybridized carbons (Fsp3) is 0.925. The minimum Gasteiger partial charge on any atom is -0.498 e. The summed E-state index contributed by atoms with van der Waals surface area (Å²) in [7, 11) is -5.02. The lowest BCUT2D eigenvalue weighted by Crippen LogP contribution is -2.64. The van der Waals surface area contributed by atoms with Crippen LogP contribution in [0.4, 0.5) is 0 Å². The first kappa shape index (κ1) is 49.9. The molecule has 0 saturated heterocycles. The molecule has 0 amide bonds. The number of esters is 1. The number of ether oxygens (including phenoxy) is 2. The fourth-order valence-electron chi connectivity index (χ4n) is 6.56. The Morgan fingerprint density at radius 2 is 0.981 bits per heavy atom. The zero-order valence-corrected chi connectivity index (χ0v) is 34.0. The van der Waals surface area contributed by atoms with Gasteiger partial charge in [0.05, 0.1) is 12.9 Å². The van der Waals surface area contributed by atoms with Crippen LogP contribution in [0.25, 0.3) is 0 Å². The Morgan fingerprint density at radius 1 is 0.585 bits per heavy atom. The molecular formula is C40H77O12P. The number of aliphatic hydroxyl groups is 5. The predicted molar refractivity (Wildman–Crippen MR) is 207 cm³/mol. The number of hydrogen-bond acceptors (Lipinski definition) is 11. The average Bonchev–Trinajstić information content (AvgIpc) is 3.14. The van der Waals surface area contributed by atoms with Crippen molar-refractivity contribution in [3.05, 3.63) is 12.3 Å². The van der Waals surface area contributed by atoms with Gasteiger partial charge in [0.15, 0.2) is 6.10 Å². The van der Waals surface area contributed by atoms with Gasteiger partial charge in [-0.15, -0.1) is 0 Å². The first-order chi connectivity index (χ1) is 25.5. The van der Waals surface area contributed by atoms with Gasteiger partial charge in [-0.05, 0) is 25.3 Å². The van der Waals surface area contributed by atoms with Crippen molar-refractivity contribution in [3.8, 4) is 0 Å². The molecule has 6 unspecified atom stereocenters.